The first-order valence-electron chi connectivity index (χ1n) is 8.45. The molecular weight excluding hydrogens is 411 g/mol. The fraction of sp³-hybridized carbons (Fsp3) is 0.353. The molecule has 2 aromatic rings. The van der Waals surface area contributed by atoms with Crippen LogP contribution in [0.2, 0.25) is 5.02 Å². The molecule has 0 aliphatic carbocycles. The number of carbonyl (C=O) groups is 1. The standard InChI is InChI=1S/C17H20ClFN4O4S/c1-23-9-14(28(25,26)22-11-5-6-20-8-11)16(27-2)15(23)17(24)21-10-3-4-13(19)12(18)7-10/h3-4,7,9,11,20,22H,5-6,8H2,1-2H3,(H,21,24). The van der Waals surface area contributed by atoms with E-state index in [-0.39, 0.29) is 33.1 Å². The summed E-state index contributed by atoms with van der Waals surface area (Å²) in [4.78, 5) is 12.6. The van der Waals surface area contributed by atoms with Gasteiger partial charge in [-0.05, 0) is 31.2 Å². The van der Waals surface area contributed by atoms with E-state index in [1.165, 1.54) is 37.1 Å². The zero-order valence-electron chi connectivity index (χ0n) is 15.3. The summed E-state index contributed by atoms with van der Waals surface area (Å²) in [5, 5.41) is 5.50. The Morgan fingerprint density at radius 3 is 2.79 bits per heavy atom. The summed E-state index contributed by atoms with van der Waals surface area (Å²) in [6, 6.07) is 3.50. The van der Waals surface area contributed by atoms with Gasteiger partial charge in [0.1, 0.15) is 10.7 Å². The molecule has 28 heavy (non-hydrogen) atoms. The smallest absolute Gasteiger partial charge is 0.276 e. The number of nitrogens with zero attached hydrogens (tertiary/aromatic N) is 1. The average molecular weight is 431 g/mol. The van der Waals surface area contributed by atoms with Gasteiger partial charge in [0.25, 0.3) is 5.91 Å². The van der Waals surface area contributed by atoms with Crippen molar-refractivity contribution in [3.05, 3.63) is 40.9 Å². The van der Waals surface area contributed by atoms with Crippen LogP contribution < -0.4 is 20.1 Å². The van der Waals surface area contributed by atoms with Crippen molar-refractivity contribution < 1.29 is 22.3 Å². The number of halogens is 2. The van der Waals surface area contributed by atoms with Crippen molar-refractivity contribution >= 4 is 33.2 Å². The van der Waals surface area contributed by atoms with Crippen LogP contribution >= 0.6 is 11.6 Å². The maximum absolute atomic E-state index is 13.3. The molecule has 1 aliphatic rings. The summed E-state index contributed by atoms with van der Waals surface area (Å²) >= 11 is 5.73. The number of amides is 1. The van der Waals surface area contributed by atoms with Crippen LogP contribution in [0.15, 0.2) is 29.3 Å². The Hall–Kier alpha value is -2.14. The van der Waals surface area contributed by atoms with Crippen LogP contribution in [0, 0.1) is 5.82 Å². The molecule has 8 nitrogen and oxygen atoms in total. The molecule has 1 aliphatic heterocycles. The Bertz CT molecular complexity index is 1000. The van der Waals surface area contributed by atoms with Crippen molar-refractivity contribution in [2.45, 2.75) is 17.4 Å². The van der Waals surface area contributed by atoms with Gasteiger partial charge in [-0.1, -0.05) is 11.6 Å². The highest BCUT2D eigenvalue weighted by atomic mass is 35.5. The Morgan fingerprint density at radius 2 is 2.18 bits per heavy atom. The fourth-order valence-electron chi connectivity index (χ4n) is 3.03. The quantitative estimate of drug-likeness (QED) is 0.647. The maximum Gasteiger partial charge on any atom is 0.276 e. The lowest BCUT2D eigenvalue weighted by atomic mass is 10.3. The molecule has 1 saturated heterocycles. The molecule has 1 unspecified atom stereocenters. The van der Waals surface area contributed by atoms with Gasteiger partial charge in [0, 0.05) is 31.5 Å². The van der Waals surface area contributed by atoms with Crippen LogP contribution in [0.4, 0.5) is 10.1 Å². The van der Waals surface area contributed by atoms with Gasteiger partial charge in [-0.15, -0.1) is 0 Å². The highest BCUT2D eigenvalue weighted by molar-refractivity contribution is 7.89. The molecule has 152 valence electrons. The molecule has 11 heteroatoms. The second-order valence-corrected chi connectivity index (χ2v) is 8.47. The fourth-order valence-corrected chi connectivity index (χ4v) is 4.70. The summed E-state index contributed by atoms with van der Waals surface area (Å²) in [6.45, 7) is 1.26. The van der Waals surface area contributed by atoms with E-state index in [1.807, 2.05) is 0 Å². The first kappa shape index (κ1) is 20.6. The highest BCUT2D eigenvalue weighted by Crippen LogP contribution is 2.31. The van der Waals surface area contributed by atoms with Crippen molar-refractivity contribution in [1.29, 1.82) is 0 Å². The topological polar surface area (TPSA) is 101 Å². The van der Waals surface area contributed by atoms with Crippen LogP contribution in [-0.2, 0) is 17.1 Å². The van der Waals surface area contributed by atoms with Gasteiger partial charge < -0.3 is 19.9 Å². The van der Waals surface area contributed by atoms with E-state index < -0.39 is 21.7 Å². The summed E-state index contributed by atoms with van der Waals surface area (Å²) in [5.74, 6) is -1.31. The van der Waals surface area contributed by atoms with E-state index in [4.69, 9.17) is 16.3 Å². The summed E-state index contributed by atoms with van der Waals surface area (Å²) in [5.41, 5.74) is 0.270. The lowest BCUT2D eigenvalue weighted by Crippen LogP contribution is -2.36. The number of sulfonamides is 1. The third kappa shape index (κ3) is 4.14. The van der Waals surface area contributed by atoms with Crippen molar-refractivity contribution in [3.63, 3.8) is 0 Å². The van der Waals surface area contributed by atoms with Crippen molar-refractivity contribution in [1.82, 2.24) is 14.6 Å². The maximum atomic E-state index is 13.3. The molecule has 0 spiro atoms. The second kappa shape index (κ2) is 8.08. The zero-order chi connectivity index (χ0) is 20.5. The van der Waals surface area contributed by atoms with E-state index in [1.54, 1.807) is 0 Å². The van der Waals surface area contributed by atoms with Crippen molar-refractivity contribution in [2.24, 2.45) is 7.05 Å². The zero-order valence-corrected chi connectivity index (χ0v) is 16.8. The Morgan fingerprint density at radius 1 is 1.43 bits per heavy atom. The van der Waals surface area contributed by atoms with Gasteiger partial charge in [0.15, 0.2) is 11.4 Å². The first-order valence-corrected chi connectivity index (χ1v) is 10.3. The molecule has 1 fully saturated rings. The lowest BCUT2D eigenvalue weighted by molar-refractivity contribution is 0.101. The molecule has 1 aromatic heterocycles. The Kier molecular flexibility index (Phi) is 5.94. The van der Waals surface area contributed by atoms with Crippen LogP contribution in [0.1, 0.15) is 16.9 Å². The van der Waals surface area contributed by atoms with E-state index in [0.717, 1.165) is 12.6 Å². The Balaban J connectivity index is 1.91. The predicted octanol–water partition coefficient (Wildman–Crippen LogP) is 1.72. The monoisotopic (exact) mass is 430 g/mol. The normalized spacial score (nSPS) is 16.9. The molecule has 0 radical (unpaired) electrons. The lowest BCUT2D eigenvalue weighted by Gasteiger charge is -2.12. The number of carbonyl (C=O) groups excluding carboxylic acids is 1. The van der Waals surface area contributed by atoms with Gasteiger partial charge >= 0.3 is 0 Å². The van der Waals surface area contributed by atoms with E-state index in [2.05, 4.69) is 15.4 Å². The first-order chi connectivity index (χ1) is 13.2. The van der Waals surface area contributed by atoms with Gasteiger partial charge in [-0.2, -0.15) is 0 Å². The van der Waals surface area contributed by atoms with E-state index >= 15 is 0 Å². The number of methoxy groups -OCH3 is 1. The average Bonchev–Trinajstić information content (AvgIpc) is 3.25. The number of hydrogen-bond donors (Lipinski definition) is 3. The van der Waals surface area contributed by atoms with Crippen molar-refractivity contribution in [3.8, 4) is 5.75 Å². The van der Waals surface area contributed by atoms with Crippen molar-refractivity contribution in [2.75, 3.05) is 25.5 Å². The molecular formula is C17H20ClFN4O4S. The van der Waals surface area contributed by atoms with Gasteiger partial charge in [0.05, 0.1) is 12.1 Å². The summed E-state index contributed by atoms with van der Waals surface area (Å²) < 4.78 is 48.1. The molecule has 3 rings (SSSR count). The number of benzene rings is 1. The predicted molar refractivity (Wildman–Crippen MR) is 103 cm³/mol. The Labute approximate surface area is 167 Å². The minimum atomic E-state index is -3.89. The number of aryl methyl sites for hydroxylation is 1. The van der Waals surface area contributed by atoms with Crippen LogP contribution in [0.3, 0.4) is 0 Å². The molecule has 0 bridgehead atoms. The summed E-state index contributed by atoms with van der Waals surface area (Å²) in [7, 11) is -1.07. The molecule has 1 amide bonds. The number of hydrogen-bond acceptors (Lipinski definition) is 5. The number of nitrogens with one attached hydrogen (secondary N) is 3. The summed E-state index contributed by atoms with van der Waals surface area (Å²) in [6.07, 6.45) is 1.99. The van der Waals surface area contributed by atoms with Crippen LogP contribution in [0.25, 0.3) is 0 Å². The third-order valence-corrected chi connectivity index (χ3v) is 6.17. The second-order valence-electron chi connectivity index (χ2n) is 6.38. The third-order valence-electron chi connectivity index (χ3n) is 4.37. The minimum absolute atomic E-state index is 0.00729. The van der Waals surface area contributed by atoms with Crippen LogP contribution in [-0.4, -0.2) is 45.1 Å². The molecule has 0 saturated carbocycles. The van der Waals surface area contributed by atoms with Gasteiger partial charge in [-0.3, -0.25) is 4.79 Å². The molecule has 1 atom stereocenters. The minimum Gasteiger partial charge on any atom is -0.493 e. The molecule has 2 heterocycles. The van der Waals surface area contributed by atoms with E-state index in [0.29, 0.717) is 13.0 Å². The molecule has 3 N–H and O–H groups in total. The largest absolute Gasteiger partial charge is 0.493 e. The SMILES string of the molecule is COc1c(S(=O)(=O)NC2CCNC2)cn(C)c1C(=O)Nc1ccc(F)c(Cl)c1. The van der Waals surface area contributed by atoms with E-state index in [9.17, 15) is 17.6 Å². The van der Waals surface area contributed by atoms with Gasteiger partial charge in [-0.25, -0.2) is 17.5 Å². The number of rotatable bonds is 6. The number of anilines is 1. The van der Waals surface area contributed by atoms with Crippen LogP contribution in [0.5, 0.6) is 5.75 Å². The van der Waals surface area contributed by atoms with Gasteiger partial charge in [0.2, 0.25) is 10.0 Å². The number of ether oxygens (including phenoxy) is 1. The molecule has 1 aromatic carbocycles. The highest BCUT2D eigenvalue weighted by Gasteiger charge is 2.31. The number of aromatic nitrogens is 1.